The highest BCUT2D eigenvalue weighted by Gasteiger charge is 2.85. The van der Waals surface area contributed by atoms with E-state index in [2.05, 4.69) is 12.2 Å². The molecular formula is C12H10Cl4O2. The molecule has 0 unspecified atom stereocenters. The van der Waals surface area contributed by atoms with Gasteiger partial charge in [-0.3, -0.25) is 0 Å². The Morgan fingerprint density at radius 3 is 2.33 bits per heavy atom. The average Bonchev–Trinajstić information content (AvgIpc) is 3.06. The molecule has 18 heavy (non-hydrogen) atoms. The molecule has 1 heterocycles. The Bertz CT molecular complexity index is 496. The van der Waals surface area contributed by atoms with E-state index in [0.717, 1.165) is 6.42 Å². The van der Waals surface area contributed by atoms with Crippen LogP contribution in [0.25, 0.3) is 0 Å². The van der Waals surface area contributed by atoms with Gasteiger partial charge in [0.1, 0.15) is 9.75 Å². The Labute approximate surface area is 125 Å². The summed E-state index contributed by atoms with van der Waals surface area (Å²) in [5, 5.41) is 0.753. The number of hydrogen-bond acceptors (Lipinski definition) is 2. The third-order valence-electron chi connectivity index (χ3n) is 4.62. The van der Waals surface area contributed by atoms with Crippen LogP contribution in [0.1, 0.15) is 6.42 Å². The topological polar surface area (TPSA) is 18.5 Å². The SMILES string of the molecule is ClC1=C(Cl)[C@@]2(Cl)[C@@H]3CC=C[C@H]3[C@@]1(Cl)C21OCCO1. The van der Waals surface area contributed by atoms with Crippen LogP contribution in [0.3, 0.4) is 0 Å². The number of allylic oxidation sites excluding steroid dienone is 2. The van der Waals surface area contributed by atoms with Crippen LogP contribution in [0, 0.1) is 11.8 Å². The first-order valence-corrected chi connectivity index (χ1v) is 7.40. The van der Waals surface area contributed by atoms with E-state index in [0.29, 0.717) is 23.3 Å². The van der Waals surface area contributed by atoms with E-state index >= 15 is 0 Å². The third kappa shape index (κ3) is 0.933. The Balaban J connectivity index is 2.02. The van der Waals surface area contributed by atoms with Crippen molar-refractivity contribution in [3.63, 3.8) is 0 Å². The summed E-state index contributed by atoms with van der Waals surface area (Å²) in [5.74, 6) is -1.05. The van der Waals surface area contributed by atoms with Crippen LogP contribution in [0.5, 0.6) is 0 Å². The zero-order chi connectivity index (χ0) is 12.8. The molecule has 3 aliphatic carbocycles. The van der Waals surface area contributed by atoms with Crippen LogP contribution in [0.2, 0.25) is 0 Å². The third-order valence-corrected chi connectivity index (χ3v) is 7.29. The number of halogens is 4. The smallest absolute Gasteiger partial charge is 0.218 e. The van der Waals surface area contributed by atoms with E-state index in [1.807, 2.05) is 0 Å². The molecule has 98 valence electrons. The Morgan fingerprint density at radius 2 is 1.67 bits per heavy atom. The van der Waals surface area contributed by atoms with Gasteiger partial charge in [-0.15, -0.1) is 23.2 Å². The van der Waals surface area contributed by atoms with E-state index < -0.39 is 15.5 Å². The number of ether oxygens (including phenoxy) is 2. The van der Waals surface area contributed by atoms with Crippen LogP contribution in [-0.4, -0.2) is 28.7 Å². The van der Waals surface area contributed by atoms with Gasteiger partial charge in [-0.05, 0) is 6.42 Å². The summed E-state index contributed by atoms with van der Waals surface area (Å²) in [7, 11) is 0. The predicted octanol–water partition coefficient (Wildman–Crippen LogP) is 3.59. The fraction of sp³-hybridized carbons (Fsp3) is 0.667. The molecule has 0 aromatic heterocycles. The summed E-state index contributed by atoms with van der Waals surface area (Å²) in [6.45, 7) is 0.918. The van der Waals surface area contributed by atoms with Crippen LogP contribution in [0.15, 0.2) is 22.2 Å². The van der Waals surface area contributed by atoms with Gasteiger partial charge in [0.05, 0.1) is 23.3 Å². The standard InChI is InChI=1S/C12H10Cl4O2/c13-8-9(14)11(16)7-3-1-2-6(7)10(8,15)12(11)17-4-5-18-12/h1-2,6-7H,3-5H2/t6-,7-,10+,11+/m1/s1. The Kier molecular flexibility index (Phi) is 2.33. The highest BCUT2D eigenvalue weighted by atomic mass is 35.5. The summed E-state index contributed by atoms with van der Waals surface area (Å²) >= 11 is 26.4. The number of alkyl halides is 2. The van der Waals surface area contributed by atoms with Crippen molar-refractivity contribution in [2.75, 3.05) is 13.2 Å². The normalized spacial score (nSPS) is 51.8. The predicted molar refractivity (Wildman–Crippen MR) is 71.3 cm³/mol. The lowest BCUT2D eigenvalue weighted by Gasteiger charge is -2.39. The molecule has 6 heteroatoms. The molecule has 4 aliphatic rings. The Morgan fingerprint density at radius 1 is 1.06 bits per heavy atom. The minimum Gasteiger partial charge on any atom is -0.344 e. The zero-order valence-electron chi connectivity index (χ0n) is 9.26. The monoisotopic (exact) mass is 326 g/mol. The van der Waals surface area contributed by atoms with Crippen molar-refractivity contribution in [1.82, 2.24) is 0 Å². The van der Waals surface area contributed by atoms with Crippen molar-refractivity contribution in [2.24, 2.45) is 11.8 Å². The van der Waals surface area contributed by atoms with Crippen molar-refractivity contribution < 1.29 is 9.47 Å². The Hall–Kier alpha value is 0.560. The summed E-state index contributed by atoms with van der Waals surface area (Å²) in [6.07, 6.45) is 4.95. The average molecular weight is 328 g/mol. The fourth-order valence-electron chi connectivity index (χ4n) is 3.95. The molecule has 2 fully saturated rings. The van der Waals surface area contributed by atoms with Gasteiger partial charge >= 0.3 is 0 Å². The number of hydrogen-bond donors (Lipinski definition) is 0. The van der Waals surface area contributed by atoms with Gasteiger partial charge in [-0.2, -0.15) is 0 Å². The summed E-state index contributed by atoms with van der Waals surface area (Å²) in [4.78, 5) is -1.97. The lowest BCUT2D eigenvalue weighted by Crippen LogP contribution is -2.55. The van der Waals surface area contributed by atoms with Crippen molar-refractivity contribution >= 4 is 46.4 Å². The molecule has 1 spiro atoms. The van der Waals surface area contributed by atoms with Crippen LogP contribution >= 0.6 is 46.4 Å². The minimum absolute atomic E-state index is 0.00441. The molecule has 1 saturated carbocycles. The van der Waals surface area contributed by atoms with Crippen LogP contribution in [0.4, 0.5) is 0 Å². The second kappa shape index (κ2) is 3.41. The molecule has 0 amide bonds. The van der Waals surface area contributed by atoms with Gasteiger partial charge in [-0.25, -0.2) is 0 Å². The molecular weight excluding hydrogens is 318 g/mol. The number of rotatable bonds is 0. The van der Waals surface area contributed by atoms with Crippen LogP contribution in [-0.2, 0) is 9.47 Å². The van der Waals surface area contributed by atoms with Crippen LogP contribution < -0.4 is 0 Å². The van der Waals surface area contributed by atoms with Gasteiger partial charge in [0.25, 0.3) is 0 Å². The largest absolute Gasteiger partial charge is 0.344 e. The first kappa shape index (κ1) is 12.3. The van der Waals surface area contributed by atoms with Gasteiger partial charge in [-0.1, -0.05) is 35.4 Å². The van der Waals surface area contributed by atoms with E-state index in [4.69, 9.17) is 55.9 Å². The van der Waals surface area contributed by atoms with Gasteiger partial charge in [0, 0.05) is 11.8 Å². The first-order chi connectivity index (χ1) is 8.50. The van der Waals surface area contributed by atoms with E-state index in [-0.39, 0.29) is 11.8 Å². The molecule has 1 saturated heterocycles. The van der Waals surface area contributed by atoms with Gasteiger partial charge < -0.3 is 9.47 Å². The second-order valence-corrected chi connectivity index (χ2v) is 7.11. The lowest BCUT2D eigenvalue weighted by molar-refractivity contribution is -0.172. The van der Waals surface area contributed by atoms with Crippen molar-refractivity contribution in [3.05, 3.63) is 22.2 Å². The zero-order valence-corrected chi connectivity index (χ0v) is 12.3. The van der Waals surface area contributed by atoms with Crippen molar-refractivity contribution in [1.29, 1.82) is 0 Å². The van der Waals surface area contributed by atoms with E-state index in [1.54, 1.807) is 0 Å². The molecule has 4 rings (SSSR count). The molecule has 2 bridgehead atoms. The highest BCUT2D eigenvalue weighted by molar-refractivity contribution is 6.52. The molecule has 4 atom stereocenters. The van der Waals surface area contributed by atoms with E-state index in [9.17, 15) is 0 Å². The number of fused-ring (bicyclic) bond motifs is 3. The fourth-order valence-corrected chi connectivity index (χ4v) is 6.06. The van der Waals surface area contributed by atoms with Crippen molar-refractivity contribution in [3.8, 4) is 0 Å². The second-order valence-electron chi connectivity index (χ2n) is 5.16. The summed E-state index contributed by atoms with van der Waals surface area (Å²) in [5.41, 5.74) is 0. The maximum absolute atomic E-state index is 6.85. The van der Waals surface area contributed by atoms with Crippen molar-refractivity contribution in [2.45, 2.75) is 22.0 Å². The highest BCUT2D eigenvalue weighted by Crippen LogP contribution is 2.76. The molecule has 2 nitrogen and oxygen atoms in total. The molecule has 0 N–H and O–H groups in total. The summed E-state index contributed by atoms with van der Waals surface area (Å²) in [6, 6.07) is 0. The maximum atomic E-state index is 6.85. The molecule has 0 aromatic carbocycles. The molecule has 0 radical (unpaired) electrons. The minimum atomic E-state index is -1.13. The molecule has 1 aliphatic heterocycles. The first-order valence-electron chi connectivity index (χ1n) is 5.89. The van der Waals surface area contributed by atoms with E-state index in [1.165, 1.54) is 0 Å². The summed E-state index contributed by atoms with van der Waals surface area (Å²) < 4.78 is 11.7. The van der Waals surface area contributed by atoms with Gasteiger partial charge in [0.2, 0.25) is 5.79 Å². The van der Waals surface area contributed by atoms with Gasteiger partial charge in [0.15, 0.2) is 0 Å². The maximum Gasteiger partial charge on any atom is 0.218 e. The molecule has 0 aromatic rings. The quantitative estimate of drug-likeness (QED) is 0.500. The lowest BCUT2D eigenvalue weighted by atomic mass is 9.84.